The van der Waals surface area contributed by atoms with Crippen LogP contribution >= 0.6 is 0 Å². The van der Waals surface area contributed by atoms with E-state index in [0.29, 0.717) is 0 Å². The van der Waals surface area contributed by atoms with E-state index in [2.05, 4.69) is 252 Å². The van der Waals surface area contributed by atoms with Crippen LogP contribution in [0.5, 0.6) is 0 Å². The maximum absolute atomic E-state index is 5.51. The average Bonchev–Trinajstić information content (AvgIpc) is 3.92. The Kier molecular flexibility index (Phi) is 8.90. The van der Waals surface area contributed by atoms with Gasteiger partial charge in [-0.15, -0.1) is 0 Å². The van der Waals surface area contributed by atoms with Gasteiger partial charge in [-0.05, 0) is 118 Å². The third-order valence-corrected chi connectivity index (χ3v) is 14.6. The highest BCUT2D eigenvalue weighted by Gasteiger charge is 2.52. The van der Waals surface area contributed by atoms with Gasteiger partial charge >= 0.3 is 0 Å². The number of hydrogen-bond donors (Lipinski definition) is 0. The normalized spacial score (nSPS) is 14.1. The van der Waals surface area contributed by atoms with E-state index in [1.807, 2.05) is 0 Å². The van der Waals surface area contributed by atoms with Gasteiger partial charge in [0, 0.05) is 38.8 Å². The number of aromatic nitrogens is 3. The molecule has 0 N–H and O–H groups in total. The molecule has 0 saturated carbocycles. The Labute approximate surface area is 401 Å². The zero-order chi connectivity index (χ0) is 45.5. The van der Waals surface area contributed by atoms with Crippen molar-refractivity contribution in [1.29, 1.82) is 0 Å². The van der Waals surface area contributed by atoms with Crippen molar-refractivity contribution in [3.8, 4) is 50.5 Å². The lowest BCUT2D eigenvalue weighted by atomic mass is 9.64. The van der Waals surface area contributed by atoms with Crippen molar-refractivity contribution in [2.75, 3.05) is 4.90 Å². The van der Waals surface area contributed by atoms with Gasteiger partial charge in [-0.25, -0.2) is 9.97 Å². The second-order valence-corrected chi connectivity index (χ2v) is 18.3. The van der Waals surface area contributed by atoms with Crippen molar-refractivity contribution in [2.45, 2.75) is 18.3 Å². The maximum atomic E-state index is 5.51. The molecule has 0 unspecified atom stereocenters. The fourth-order valence-electron chi connectivity index (χ4n) is 11.7. The lowest BCUT2D eigenvalue weighted by Crippen LogP contribution is -2.36. The first-order chi connectivity index (χ1) is 34.2. The van der Waals surface area contributed by atoms with Crippen LogP contribution in [0, 0.1) is 0 Å². The van der Waals surface area contributed by atoms with E-state index in [4.69, 9.17) is 9.97 Å². The lowest BCUT2D eigenvalue weighted by Gasteiger charge is -2.45. The van der Waals surface area contributed by atoms with E-state index < -0.39 is 5.41 Å². The predicted molar refractivity (Wildman–Crippen MR) is 285 cm³/mol. The van der Waals surface area contributed by atoms with Crippen LogP contribution in [0.3, 0.4) is 0 Å². The summed E-state index contributed by atoms with van der Waals surface area (Å²) in [7, 11) is 0. The summed E-state index contributed by atoms with van der Waals surface area (Å²) in [5.41, 5.74) is 21.1. The molecule has 4 heteroatoms. The molecule has 2 aromatic heterocycles. The molecule has 3 heterocycles. The molecule has 0 saturated heterocycles. The summed E-state index contributed by atoms with van der Waals surface area (Å²) < 4.78 is 2.41. The highest BCUT2D eigenvalue weighted by atomic mass is 15.2. The first kappa shape index (κ1) is 39.3. The quantitative estimate of drug-likeness (QED) is 0.167. The van der Waals surface area contributed by atoms with Crippen LogP contribution < -0.4 is 4.90 Å². The second-order valence-electron chi connectivity index (χ2n) is 18.3. The van der Waals surface area contributed by atoms with Crippen molar-refractivity contribution in [2.24, 2.45) is 0 Å². The molecule has 4 nitrogen and oxygen atoms in total. The number of fused-ring (bicyclic) bond motifs is 12. The largest absolute Gasteiger partial charge is 0.310 e. The highest BCUT2D eigenvalue weighted by Crippen LogP contribution is 2.65. The molecule has 11 aromatic rings. The van der Waals surface area contributed by atoms with Crippen LogP contribution in [0.15, 0.2) is 243 Å². The van der Waals surface area contributed by atoms with E-state index >= 15 is 0 Å². The van der Waals surface area contributed by atoms with Gasteiger partial charge in [0.25, 0.3) is 0 Å². The summed E-state index contributed by atoms with van der Waals surface area (Å²) >= 11 is 0. The minimum absolute atomic E-state index is 0.645. The SMILES string of the molecule is C1=CC(c2nc(-c3ccccc3)cc(-c3cccc4c3-c3cc(-c5ccc6c7ccccc7n(-c7ccccc7)c6c5)ccc3C43c4ccccc4N(c4ccccc4)c4ccccc43)n2)=CCC1. The third-order valence-electron chi connectivity index (χ3n) is 14.6. The zero-order valence-electron chi connectivity index (χ0n) is 37.8. The molecule has 0 fully saturated rings. The molecule has 0 bridgehead atoms. The van der Waals surface area contributed by atoms with Crippen LogP contribution in [-0.2, 0) is 5.41 Å². The van der Waals surface area contributed by atoms with Crippen molar-refractivity contribution in [3.63, 3.8) is 0 Å². The fourth-order valence-corrected chi connectivity index (χ4v) is 11.7. The van der Waals surface area contributed by atoms with Crippen molar-refractivity contribution >= 4 is 44.4 Å². The summed E-state index contributed by atoms with van der Waals surface area (Å²) in [5.74, 6) is 0.746. The number of para-hydroxylation sites is 5. The van der Waals surface area contributed by atoms with Gasteiger partial charge in [0.1, 0.15) is 0 Å². The Morgan fingerprint density at radius 2 is 1.03 bits per heavy atom. The monoisotopic (exact) mass is 880 g/mol. The van der Waals surface area contributed by atoms with E-state index in [1.54, 1.807) is 0 Å². The van der Waals surface area contributed by atoms with Gasteiger partial charge in [0.05, 0.1) is 39.2 Å². The van der Waals surface area contributed by atoms with Crippen LogP contribution in [0.4, 0.5) is 17.1 Å². The lowest BCUT2D eigenvalue weighted by molar-refractivity contribution is 0.753. The topological polar surface area (TPSA) is 34.0 Å². The number of allylic oxidation sites excluding steroid dienone is 4. The summed E-state index contributed by atoms with van der Waals surface area (Å²) in [6.07, 6.45) is 8.70. The number of anilines is 3. The van der Waals surface area contributed by atoms with Gasteiger partial charge in [-0.3, -0.25) is 0 Å². The van der Waals surface area contributed by atoms with Gasteiger partial charge in [-0.2, -0.15) is 0 Å². The van der Waals surface area contributed by atoms with Gasteiger partial charge in [-0.1, -0.05) is 182 Å². The van der Waals surface area contributed by atoms with E-state index in [9.17, 15) is 0 Å². The molecule has 0 atom stereocenters. The summed E-state index contributed by atoms with van der Waals surface area (Å²) in [4.78, 5) is 13.2. The van der Waals surface area contributed by atoms with Crippen molar-refractivity contribution in [1.82, 2.24) is 14.5 Å². The highest BCUT2D eigenvalue weighted by molar-refractivity contribution is 6.10. The second kappa shape index (κ2) is 15.6. The Morgan fingerprint density at radius 1 is 0.406 bits per heavy atom. The molecule has 3 aliphatic rings. The molecule has 0 amide bonds. The van der Waals surface area contributed by atoms with E-state index in [0.717, 1.165) is 69.3 Å². The van der Waals surface area contributed by atoms with E-state index in [-0.39, 0.29) is 0 Å². The predicted octanol–water partition coefficient (Wildman–Crippen LogP) is 16.5. The molecule has 1 spiro atoms. The standard InChI is InChI=1S/C65H44N4/c1-5-20-43(21-6-1)57-42-58(67-64(66-57)44-22-7-2-8-23-44)51-29-19-32-56-63(51)52-40-45(46-36-38-50-49-28-13-16-33-59(49)68(62(50)41-46)47-24-9-3-10-25-47)37-39-53(52)65(56)54-30-14-17-34-60(54)69(48-26-11-4-12-27-48)61-35-18-15-31-55(61)65/h1,3-7,9-42H,2,8H2. The smallest absolute Gasteiger partial charge is 0.160 e. The summed E-state index contributed by atoms with van der Waals surface area (Å²) in [5, 5.41) is 2.48. The molecule has 1 aliphatic heterocycles. The molecule has 9 aromatic carbocycles. The first-order valence-corrected chi connectivity index (χ1v) is 24.0. The Balaban J connectivity index is 1.06. The average molecular weight is 881 g/mol. The minimum Gasteiger partial charge on any atom is -0.310 e. The van der Waals surface area contributed by atoms with Crippen LogP contribution in [0.25, 0.3) is 77.8 Å². The van der Waals surface area contributed by atoms with Gasteiger partial charge in [0.15, 0.2) is 5.82 Å². The number of nitrogens with zero attached hydrogens (tertiary/aromatic N) is 4. The van der Waals surface area contributed by atoms with Crippen LogP contribution in [0.1, 0.15) is 40.9 Å². The van der Waals surface area contributed by atoms with Crippen molar-refractivity contribution < 1.29 is 0 Å². The molecule has 69 heavy (non-hydrogen) atoms. The fraction of sp³-hybridized carbons (Fsp3) is 0.0462. The summed E-state index contributed by atoms with van der Waals surface area (Å²) in [6.45, 7) is 0. The number of hydrogen-bond acceptors (Lipinski definition) is 3. The molecule has 14 rings (SSSR count). The Morgan fingerprint density at radius 3 is 1.78 bits per heavy atom. The first-order valence-electron chi connectivity index (χ1n) is 24.0. The Hall–Kier alpha value is -8.86. The summed E-state index contributed by atoms with van der Waals surface area (Å²) in [6, 6.07) is 82.3. The number of rotatable bonds is 6. The van der Waals surface area contributed by atoms with Crippen LogP contribution in [-0.4, -0.2) is 14.5 Å². The Bertz CT molecular complexity index is 3850. The molecular weight excluding hydrogens is 837 g/mol. The van der Waals surface area contributed by atoms with E-state index in [1.165, 1.54) is 66.6 Å². The molecule has 324 valence electrons. The maximum Gasteiger partial charge on any atom is 0.160 e. The van der Waals surface area contributed by atoms with Crippen molar-refractivity contribution in [3.05, 3.63) is 271 Å². The van der Waals surface area contributed by atoms with Gasteiger partial charge in [0.2, 0.25) is 0 Å². The van der Waals surface area contributed by atoms with Gasteiger partial charge < -0.3 is 9.47 Å². The third kappa shape index (κ3) is 5.95. The molecule has 0 radical (unpaired) electrons. The number of benzene rings is 9. The molecule has 2 aliphatic carbocycles. The van der Waals surface area contributed by atoms with Crippen LogP contribution in [0.2, 0.25) is 0 Å². The zero-order valence-corrected chi connectivity index (χ0v) is 37.8. The molecular formula is C65H44N4. The minimum atomic E-state index is -0.645.